The van der Waals surface area contributed by atoms with Gasteiger partial charge >= 0.3 is 19.8 Å². The summed E-state index contributed by atoms with van der Waals surface area (Å²) in [6, 6.07) is 0. The van der Waals surface area contributed by atoms with E-state index in [9.17, 15) is 0 Å². The average molecular weight is 288 g/mol. The summed E-state index contributed by atoms with van der Waals surface area (Å²) in [6.45, 7) is 0. The molecule has 0 atom stereocenters. The van der Waals surface area contributed by atoms with E-state index in [0.29, 0.717) is 0 Å². The minimum Gasteiger partial charge on any atom is -2.00 e. The minimum atomic E-state index is 0. The van der Waals surface area contributed by atoms with Crippen molar-refractivity contribution < 1.29 is 52.2 Å². The van der Waals surface area contributed by atoms with E-state index < -0.39 is 0 Å². The van der Waals surface area contributed by atoms with Gasteiger partial charge < -0.3 is 21.9 Å². The van der Waals surface area contributed by atoms with Gasteiger partial charge in [0, 0.05) is 0 Å². The van der Waals surface area contributed by atoms with Crippen LogP contribution in [-0.2, 0) is 41.7 Å². The van der Waals surface area contributed by atoms with E-state index in [1.165, 1.54) is 0 Å². The second-order valence-corrected chi connectivity index (χ2v) is 0. The van der Waals surface area contributed by atoms with Gasteiger partial charge in [-0.3, -0.25) is 10.5 Å². The first-order valence-corrected chi connectivity index (χ1v) is 0.200. The Morgan fingerprint density at radius 3 is 0.571 bits per heavy atom. The van der Waals surface area contributed by atoms with Gasteiger partial charge in [-0.15, -0.1) is 0 Å². The van der Waals surface area contributed by atoms with Crippen LogP contribution in [0, 0.1) is 0 Å². The molecule has 0 aromatic heterocycles. The maximum atomic E-state index is 6.00. The molecule has 0 saturated carbocycles. The molecule has 0 saturated heterocycles. The number of hydrogen-bond acceptors (Lipinski definition) is 2. The Labute approximate surface area is 53.0 Å². The molecule has 0 aliphatic carbocycles. The van der Waals surface area contributed by atoms with Crippen molar-refractivity contribution in [3.63, 3.8) is 0 Å². The zero-order chi connectivity index (χ0) is 2.00. The monoisotopic (exact) mass is 290 g/mol. The van der Waals surface area contributed by atoms with Crippen LogP contribution in [0.2, 0.25) is 0 Å². The van der Waals surface area contributed by atoms with Crippen LogP contribution in [0.15, 0.2) is 0 Å². The molecule has 0 radical (unpaired) electrons. The second kappa shape index (κ2) is 1190. The Kier molecular flexibility index (Phi) is 26300. The van der Waals surface area contributed by atoms with Gasteiger partial charge in [-0.2, -0.15) is 0 Å². The summed E-state index contributed by atoms with van der Waals surface area (Å²) >= 11 is 0. The molecule has 0 aromatic rings. The van der Waals surface area contributed by atoms with Crippen LogP contribution in [0.5, 0.6) is 0 Å². The van der Waals surface area contributed by atoms with E-state index in [1.54, 1.807) is 0 Å². The third-order valence-corrected chi connectivity index (χ3v) is 0. The van der Waals surface area contributed by atoms with Crippen LogP contribution in [0.3, 0.4) is 0 Å². The van der Waals surface area contributed by atoms with Crippen molar-refractivity contribution in [3.8, 4) is 0 Å². The maximum Gasteiger partial charge on any atom is 8.00 e. The van der Waals surface area contributed by atoms with Crippen LogP contribution in [0.1, 0.15) is 0 Å². The van der Waals surface area contributed by atoms with Gasteiger partial charge in [-0.25, -0.2) is 0 Å². The summed E-state index contributed by atoms with van der Waals surface area (Å²) in [5.74, 6) is 0. The summed E-state index contributed by atoms with van der Waals surface area (Å²) in [7, 11) is 0. The number of hydrogen-bond donors (Lipinski definition) is 2. The minimum absolute atomic E-state index is 0. The second-order valence-electron chi connectivity index (χ2n) is 0. The molecule has 46 valence electrons. The first-order valence-electron chi connectivity index (χ1n) is 0.200. The largest absolute Gasteiger partial charge is 8.00 e. The van der Waals surface area contributed by atoms with Crippen molar-refractivity contribution in [2.75, 3.05) is 0 Å². The molecule has 7 heteroatoms. The standard InChI is InChI=1S/H2O2.4O.Os/c1-2;;;;;/h1-2H;;;;;/q;4*-2;+8. The van der Waals surface area contributed by atoms with E-state index >= 15 is 0 Å². The van der Waals surface area contributed by atoms with Crippen LogP contribution in [0.4, 0.5) is 0 Å². The Morgan fingerprint density at radius 2 is 0.571 bits per heavy atom. The fraction of sp³-hybridized carbons (Fsp3) is 0. The normalized spacial score (nSPS) is 0.857. The Morgan fingerprint density at radius 1 is 0.571 bits per heavy atom. The molecular formula is H2O6Os. The van der Waals surface area contributed by atoms with E-state index in [4.69, 9.17) is 10.5 Å². The summed E-state index contributed by atoms with van der Waals surface area (Å²) in [5.41, 5.74) is 0. The van der Waals surface area contributed by atoms with Gasteiger partial charge in [0.2, 0.25) is 0 Å². The molecular weight excluding hydrogens is 286 g/mol. The Bertz CT molecular complexity index is 4.14. The molecule has 0 fully saturated rings. The van der Waals surface area contributed by atoms with Gasteiger partial charge in [0.25, 0.3) is 0 Å². The first kappa shape index (κ1) is 155. The van der Waals surface area contributed by atoms with Crippen LogP contribution >= 0.6 is 0 Å². The molecule has 0 aromatic carbocycles. The van der Waals surface area contributed by atoms with Crippen molar-refractivity contribution in [2.45, 2.75) is 0 Å². The maximum absolute atomic E-state index is 6.00. The van der Waals surface area contributed by atoms with Gasteiger partial charge in [0.05, 0.1) is 0 Å². The quantitative estimate of drug-likeness (QED) is 0.457. The molecule has 0 amide bonds. The van der Waals surface area contributed by atoms with E-state index in [-0.39, 0.29) is 41.7 Å². The summed E-state index contributed by atoms with van der Waals surface area (Å²) in [4.78, 5) is 0. The first-order chi connectivity index (χ1) is 1.00. The fourth-order valence-corrected chi connectivity index (χ4v) is 0. The van der Waals surface area contributed by atoms with Crippen molar-refractivity contribution in [1.29, 1.82) is 0 Å². The van der Waals surface area contributed by atoms with Crippen molar-refractivity contribution in [2.24, 2.45) is 0 Å². The van der Waals surface area contributed by atoms with Crippen molar-refractivity contribution >= 4 is 0 Å². The van der Waals surface area contributed by atoms with Gasteiger partial charge in [-0.1, -0.05) is 0 Å². The summed E-state index contributed by atoms with van der Waals surface area (Å²) in [5, 5.41) is 12.0. The predicted octanol–water partition coefficient (Wildman–Crippen LogP) is -0.460. The third-order valence-electron chi connectivity index (χ3n) is 0. The molecule has 0 aliphatic heterocycles. The van der Waals surface area contributed by atoms with Gasteiger partial charge in [0.15, 0.2) is 0 Å². The zero-order valence-electron chi connectivity index (χ0n) is 2.88. The van der Waals surface area contributed by atoms with Gasteiger partial charge in [0.1, 0.15) is 0 Å². The molecule has 0 aliphatic rings. The Balaban J connectivity index is -0.000000000500. The molecule has 0 rings (SSSR count). The van der Waals surface area contributed by atoms with Crippen LogP contribution in [-0.4, -0.2) is 10.5 Å². The smallest absolute Gasteiger partial charge is 2.00 e. The fourth-order valence-electron chi connectivity index (χ4n) is 0. The van der Waals surface area contributed by atoms with Crippen molar-refractivity contribution in [1.82, 2.24) is 0 Å². The van der Waals surface area contributed by atoms with Crippen molar-refractivity contribution in [3.05, 3.63) is 0 Å². The topological polar surface area (TPSA) is 154 Å². The zero-order valence-corrected chi connectivity index (χ0v) is 5.42. The van der Waals surface area contributed by atoms with E-state index in [2.05, 4.69) is 0 Å². The Hall–Kier alpha value is 0.396. The molecule has 7 heavy (non-hydrogen) atoms. The van der Waals surface area contributed by atoms with E-state index in [1.807, 2.05) is 0 Å². The van der Waals surface area contributed by atoms with Crippen LogP contribution in [0.25, 0.3) is 0 Å². The molecule has 2 N–H and O–H groups in total. The average Bonchev–Trinajstić information content (AvgIpc) is 1.00. The molecule has 6 nitrogen and oxygen atoms in total. The van der Waals surface area contributed by atoms with Gasteiger partial charge in [-0.05, 0) is 0 Å². The van der Waals surface area contributed by atoms with E-state index in [0.717, 1.165) is 0 Å². The summed E-state index contributed by atoms with van der Waals surface area (Å²) < 4.78 is 0. The molecule has 0 unspecified atom stereocenters. The van der Waals surface area contributed by atoms with Crippen LogP contribution < -0.4 is 0 Å². The molecule has 0 spiro atoms. The SMILES string of the molecule is OO.[O-2].[O-2].[O-2].[O-2].[Os+8]. The predicted molar refractivity (Wildman–Crippen MR) is 8.00 cm³/mol. The molecule has 0 heterocycles. The molecule has 0 bridgehead atoms. The number of rotatable bonds is 0. The third kappa shape index (κ3) is 787. The summed E-state index contributed by atoms with van der Waals surface area (Å²) in [6.07, 6.45) is 0.